The molecule has 0 aliphatic rings. The average Bonchev–Trinajstić information content (AvgIpc) is 2.46. The molecule has 14 heavy (non-hydrogen) atoms. The lowest BCUT2D eigenvalue weighted by Gasteiger charge is -2.09. The van der Waals surface area contributed by atoms with Crippen LogP contribution in [0.25, 0.3) is 0 Å². The molecular formula is C8H13N3O3. The fraction of sp³-hybridized carbons (Fsp3) is 0.500. The highest BCUT2D eigenvalue weighted by molar-refractivity contribution is 5.90. The minimum Gasteiger partial charge on any atom is -0.465 e. The molecule has 6 heteroatoms. The number of methoxy groups -OCH3 is 1. The van der Waals surface area contributed by atoms with Gasteiger partial charge in [0.25, 0.3) is 0 Å². The third-order valence-electron chi connectivity index (χ3n) is 1.85. The lowest BCUT2D eigenvalue weighted by Crippen LogP contribution is -2.17. The van der Waals surface area contributed by atoms with Gasteiger partial charge in [0.1, 0.15) is 5.56 Å². The molecule has 0 unspecified atom stereocenters. The molecule has 0 amide bonds. The number of hydrogen-bond donors (Lipinski definition) is 1. The van der Waals surface area contributed by atoms with E-state index in [0.717, 1.165) is 5.06 Å². The molecule has 1 aromatic rings. The van der Waals surface area contributed by atoms with E-state index in [0.29, 0.717) is 11.3 Å². The summed E-state index contributed by atoms with van der Waals surface area (Å²) in [6.07, 6.45) is 1.42. The second kappa shape index (κ2) is 4.21. The number of rotatable bonds is 3. The number of carbonyl (C=O) groups is 1. The third kappa shape index (κ3) is 2.09. The Bertz CT molecular complexity index is 333. The highest BCUT2D eigenvalue weighted by Gasteiger charge is 2.16. The van der Waals surface area contributed by atoms with E-state index in [9.17, 15) is 4.79 Å². The molecule has 0 aliphatic carbocycles. The molecule has 78 valence electrons. The van der Waals surface area contributed by atoms with Gasteiger partial charge in [0, 0.05) is 14.1 Å². The zero-order valence-electron chi connectivity index (χ0n) is 8.39. The van der Waals surface area contributed by atoms with Gasteiger partial charge >= 0.3 is 5.97 Å². The molecule has 0 fully saturated rings. The van der Waals surface area contributed by atoms with Crippen LogP contribution in [0.3, 0.4) is 0 Å². The van der Waals surface area contributed by atoms with Crippen LogP contribution in [0.4, 0.5) is 0 Å². The van der Waals surface area contributed by atoms with E-state index in [1.165, 1.54) is 25.0 Å². The summed E-state index contributed by atoms with van der Waals surface area (Å²) < 4.78 is 6.11. The first-order valence-corrected chi connectivity index (χ1v) is 4.05. The van der Waals surface area contributed by atoms with Crippen LogP contribution in [0.15, 0.2) is 6.20 Å². The maximum absolute atomic E-state index is 11.3. The van der Waals surface area contributed by atoms with E-state index >= 15 is 0 Å². The molecule has 0 saturated heterocycles. The third-order valence-corrected chi connectivity index (χ3v) is 1.85. The number of nitrogens with zero attached hydrogens (tertiary/aromatic N) is 3. The Morgan fingerprint density at radius 3 is 2.93 bits per heavy atom. The van der Waals surface area contributed by atoms with E-state index in [-0.39, 0.29) is 6.54 Å². The Morgan fingerprint density at radius 1 is 1.79 bits per heavy atom. The highest BCUT2D eigenvalue weighted by Crippen LogP contribution is 2.10. The van der Waals surface area contributed by atoms with Gasteiger partial charge in [-0.05, 0) is 0 Å². The van der Waals surface area contributed by atoms with Crippen molar-refractivity contribution in [2.45, 2.75) is 6.54 Å². The first kappa shape index (κ1) is 10.7. The number of aromatic nitrogens is 2. The number of hydroxylamine groups is 2. The molecule has 0 aromatic carbocycles. The average molecular weight is 199 g/mol. The van der Waals surface area contributed by atoms with Gasteiger partial charge in [0.05, 0.1) is 25.5 Å². The Morgan fingerprint density at radius 2 is 2.43 bits per heavy atom. The molecule has 1 rings (SSSR count). The highest BCUT2D eigenvalue weighted by atomic mass is 16.5. The van der Waals surface area contributed by atoms with E-state index in [1.54, 1.807) is 7.05 Å². The summed E-state index contributed by atoms with van der Waals surface area (Å²) in [5, 5.41) is 14.0. The monoisotopic (exact) mass is 199 g/mol. The zero-order chi connectivity index (χ0) is 10.7. The molecular weight excluding hydrogens is 186 g/mol. The van der Waals surface area contributed by atoms with Gasteiger partial charge < -0.3 is 9.94 Å². The van der Waals surface area contributed by atoms with E-state index in [1.807, 2.05) is 0 Å². The predicted octanol–water partition coefficient (Wildman–Crippen LogP) is 0.0277. The fourth-order valence-corrected chi connectivity index (χ4v) is 1.15. The Balaban J connectivity index is 2.99. The zero-order valence-corrected chi connectivity index (χ0v) is 8.39. The van der Waals surface area contributed by atoms with Gasteiger partial charge in [0.2, 0.25) is 0 Å². The number of aryl methyl sites for hydroxylation is 1. The summed E-state index contributed by atoms with van der Waals surface area (Å²) in [5.74, 6) is -0.449. The standard InChI is InChI=1S/C8H13N3O3/c1-10(13)5-7-6(8(12)14-3)4-9-11(7)2/h4,13H,5H2,1-3H3. The first-order chi connectivity index (χ1) is 6.56. The van der Waals surface area contributed by atoms with Crippen LogP contribution in [-0.2, 0) is 18.3 Å². The van der Waals surface area contributed by atoms with Crippen molar-refractivity contribution in [3.63, 3.8) is 0 Å². The normalized spacial score (nSPS) is 10.6. The van der Waals surface area contributed by atoms with Crippen LogP contribution < -0.4 is 0 Å². The smallest absolute Gasteiger partial charge is 0.341 e. The number of carbonyl (C=O) groups excluding carboxylic acids is 1. The quantitative estimate of drug-likeness (QED) is 0.549. The summed E-state index contributed by atoms with van der Waals surface area (Å²) in [7, 11) is 4.50. The minimum atomic E-state index is -0.449. The predicted molar refractivity (Wildman–Crippen MR) is 47.8 cm³/mol. The summed E-state index contributed by atoms with van der Waals surface area (Å²) in [4.78, 5) is 11.3. The van der Waals surface area contributed by atoms with E-state index in [4.69, 9.17) is 5.21 Å². The summed E-state index contributed by atoms with van der Waals surface area (Å²) in [6, 6.07) is 0. The van der Waals surface area contributed by atoms with Gasteiger partial charge in [-0.15, -0.1) is 0 Å². The Kier molecular flexibility index (Phi) is 3.21. The van der Waals surface area contributed by atoms with Crippen molar-refractivity contribution in [3.05, 3.63) is 17.5 Å². The molecule has 0 spiro atoms. The molecule has 0 atom stereocenters. The number of esters is 1. The van der Waals surface area contributed by atoms with Crippen molar-refractivity contribution in [2.24, 2.45) is 7.05 Å². The van der Waals surface area contributed by atoms with Gasteiger partial charge in [-0.3, -0.25) is 4.68 Å². The van der Waals surface area contributed by atoms with Crippen LogP contribution in [0, 0.1) is 0 Å². The van der Waals surface area contributed by atoms with Crippen molar-refractivity contribution < 1.29 is 14.7 Å². The van der Waals surface area contributed by atoms with Crippen molar-refractivity contribution in [2.75, 3.05) is 14.2 Å². The van der Waals surface area contributed by atoms with Crippen LogP contribution in [-0.4, -0.2) is 40.2 Å². The number of ether oxygens (including phenoxy) is 1. The van der Waals surface area contributed by atoms with Crippen LogP contribution in [0.1, 0.15) is 16.1 Å². The second-order valence-electron chi connectivity index (χ2n) is 2.94. The van der Waals surface area contributed by atoms with Crippen molar-refractivity contribution in [1.82, 2.24) is 14.8 Å². The topological polar surface area (TPSA) is 67.6 Å². The molecule has 1 N–H and O–H groups in total. The SMILES string of the molecule is COC(=O)c1cnn(C)c1CN(C)O. The Labute approximate surface area is 81.6 Å². The lowest BCUT2D eigenvalue weighted by atomic mass is 10.2. The van der Waals surface area contributed by atoms with Crippen molar-refractivity contribution in [3.8, 4) is 0 Å². The van der Waals surface area contributed by atoms with Gasteiger partial charge in [-0.25, -0.2) is 4.79 Å². The molecule has 1 heterocycles. The minimum absolute atomic E-state index is 0.223. The largest absolute Gasteiger partial charge is 0.465 e. The summed E-state index contributed by atoms with van der Waals surface area (Å²) in [6.45, 7) is 0.223. The van der Waals surface area contributed by atoms with E-state index < -0.39 is 5.97 Å². The lowest BCUT2D eigenvalue weighted by molar-refractivity contribution is -0.0749. The van der Waals surface area contributed by atoms with Crippen molar-refractivity contribution >= 4 is 5.97 Å². The molecule has 6 nitrogen and oxygen atoms in total. The summed E-state index contributed by atoms with van der Waals surface area (Å²) >= 11 is 0. The first-order valence-electron chi connectivity index (χ1n) is 4.05. The van der Waals surface area contributed by atoms with Crippen LogP contribution in [0.2, 0.25) is 0 Å². The van der Waals surface area contributed by atoms with Gasteiger partial charge in [0.15, 0.2) is 0 Å². The van der Waals surface area contributed by atoms with Gasteiger partial charge in [-0.2, -0.15) is 10.2 Å². The molecule has 1 aromatic heterocycles. The maximum atomic E-state index is 11.3. The van der Waals surface area contributed by atoms with Crippen LogP contribution >= 0.6 is 0 Å². The molecule has 0 bridgehead atoms. The fourth-order valence-electron chi connectivity index (χ4n) is 1.15. The number of hydrogen-bond acceptors (Lipinski definition) is 5. The molecule has 0 radical (unpaired) electrons. The Hall–Kier alpha value is -1.40. The van der Waals surface area contributed by atoms with Crippen molar-refractivity contribution in [1.29, 1.82) is 0 Å². The maximum Gasteiger partial charge on any atom is 0.341 e. The van der Waals surface area contributed by atoms with Crippen LogP contribution in [0.5, 0.6) is 0 Å². The summed E-state index contributed by atoms with van der Waals surface area (Å²) in [5.41, 5.74) is 0.984. The van der Waals surface area contributed by atoms with Gasteiger partial charge in [-0.1, -0.05) is 0 Å². The van der Waals surface area contributed by atoms with E-state index in [2.05, 4.69) is 9.84 Å². The molecule has 0 aliphatic heterocycles. The second-order valence-corrected chi connectivity index (χ2v) is 2.94. The molecule has 0 saturated carbocycles.